The van der Waals surface area contributed by atoms with Gasteiger partial charge in [-0.3, -0.25) is 0 Å². The van der Waals surface area contributed by atoms with Gasteiger partial charge in [0.15, 0.2) is 11.6 Å². The summed E-state index contributed by atoms with van der Waals surface area (Å²) in [5, 5.41) is 0. The molecule has 31 heavy (non-hydrogen) atoms. The molecule has 4 heteroatoms. The average Bonchev–Trinajstić information content (AvgIpc) is 2.80. The Balaban J connectivity index is 1.66. The van der Waals surface area contributed by atoms with Gasteiger partial charge in [-0.25, -0.2) is 8.78 Å². The monoisotopic (exact) mass is 422 g/mol. The second-order valence-electron chi connectivity index (χ2n) is 7.91. The van der Waals surface area contributed by atoms with E-state index in [2.05, 4.69) is 31.2 Å². The molecule has 0 amide bonds. The molecule has 0 saturated carbocycles. The highest BCUT2D eigenvalue weighted by atomic mass is 19.2. The van der Waals surface area contributed by atoms with E-state index in [4.69, 9.17) is 4.74 Å². The van der Waals surface area contributed by atoms with Crippen LogP contribution in [0.2, 0.25) is 0 Å². The van der Waals surface area contributed by atoms with Crippen molar-refractivity contribution in [1.82, 2.24) is 0 Å². The summed E-state index contributed by atoms with van der Waals surface area (Å²) in [7, 11) is 1.26. The van der Waals surface area contributed by atoms with Crippen LogP contribution in [0, 0.1) is 17.5 Å². The maximum atomic E-state index is 15.3. The molecular formula is C27H25F3O. The predicted molar refractivity (Wildman–Crippen MR) is 120 cm³/mol. The summed E-state index contributed by atoms with van der Waals surface area (Å²) in [4.78, 5) is 0. The van der Waals surface area contributed by atoms with Gasteiger partial charge in [-0.2, -0.15) is 4.39 Å². The van der Waals surface area contributed by atoms with Gasteiger partial charge in [-0.15, -0.1) is 0 Å². The Labute approximate surface area is 181 Å². The molecule has 0 N–H and O–H groups in total. The molecule has 0 aromatic heterocycles. The van der Waals surface area contributed by atoms with Gasteiger partial charge in [0.2, 0.25) is 5.82 Å². The minimum Gasteiger partial charge on any atom is -0.494 e. The number of benzene rings is 3. The highest BCUT2D eigenvalue weighted by Crippen LogP contribution is 2.37. The number of ether oxygens (including phenoxy) is 1. The predicted octanol–water partition coefficient (Wildman–Crippen LogP) is 7.61. The SMILES string of the molecule is CCCCc1ccc(C2=Cc3ccc(-c4ccc(OC)c(F)c4F)c(F)c3CC2)cc1. The van der Waals surface area contributed by atoms with Crippen LogP contribution in [-0.4, -0.2) is 7.11 Å². The van der Waals surface area contributed by atoms with Crippen LogP contribution >= 0.6 is 0 Å². The molecule has 3 aromatic rings. The fourth-order valence-corrected chi connectivity index (χ4v) is 4.14. The minimum atomic E-state index is -1.11. The fourth-order valence-electron chi connectivity index (χ4n) is 4.14. The van der Waals surface area contributed by atoms with Crippen molar-refractivity contribution in [2.75, 3.05) is 7.11 Å². The van der Waals surface area contributed by atoms with E-state index in [9.17, 15) is 8.78 Å². The highest BCUT2D eigenvalue weighted by molar-refractivity contribution is 5.85. The first-order valence-corrected chi connectivity index (χ1v) is 10.7. The van der Waals surface area contributed by atoms with Crippen molar-refractivity contribution >= 4 is 11.6 Å². The Bertz CT molecular complexity index is 1130. The quantitative estimate of drug-likeness (QED) is 0.397. The number of aryl methyl sites for hydroxylation is 1. The zero-order chi connectivity index (χ0) is 22.0. The second kappa shape index (κ2) is 9.01. The van der Waals surface area contributed by atoms with Gasteiger partial charge in [0.1, 0.15) is 5.82 Å². The van der Waals surface area contributed by atoms with E-state index in [1.54, 1.807) is 6.07 Å². The van der Waals surface area contributed by atoms with Gasteiger partial charge in [0.25, 0.3) is 0 Å². The van der Waals surface area contributed by atoms with E-state index in [0.29, 0.717) is 18.4 Å². The molecule has 0 spiro atoms. The summed E-state index contributed by atoms with van der Waals surface area (Å²) in [5.74, 6) is -2.91. The zero-order valence-corrected chi connectivity index (χ0v) is 17.8. The van der Waals surface area contributed by atoms with Crippen molar-refractivity contribution in [3.8, 4) is 16.9 Å². The summed E-state index contributed by atoms with van der Waals surface area (Å²) < 4.78 is 48.7. The Hall–Kier alpha value is -3.01. The van der Waals surface area contributed by atoms with Crippen LogP contribution in [0.1, 0.15) is 48.4 Å². The van der Waals surface area contributed by atoms with Gasteiger partial charge in [0, 0.05) is 11.1 Å². The number of methoxy groups -OCH3 is 1. The number of halogens is 3. The van der Waals surface area contributed by atoms with E-state index < -0.39 is 17.5 Å². The van der Waals surface area contributed by atoms with Gasteiger partial charge in [-0.1, -0.05) is 55.8 Å². The van der Waals surface area contributed by atoms with Crippen LogP contribution in [0.25, 0.3) is 22.8 Å². The van der Waals surface area contributed by atoms with Crippen LogP contribution in [-0.2, 0) is 12.8 Å². The summed E-state index contributed by atoms with van der Waals surface area (Å²) in [6, 6.07) is 14.5. The fraction of sp³-hybridized carbons (Fsp3) is 0.259. The van der Waals surface area contributed by atoms with Crippen LogP contribution in [0.4, 0.5) is 13.2 Å². The van der Waals surface area contributed by atoms with Crippen molar-refractivity contribution in [1.29, 1.82) is 0 Å². The summed E-state index contributed by atoms with van der Waals surface area (Å²) >= 11 is 0. The van der Waals surface area contributed by atoms with E-state index in [1.165, 1.54) is 43.7 Å². The molecule has 3 aromatic carbocycles. The second-order valence-corrected chi connectivity index (χ2v) is 7.91. The Kier molecular flexibility index (Phi) is 6.17. The zero-order valence-electron chi connectivity index (χ0n) is 17.8. The molecule has 0 atom stereocenters. The standard InChI is InChI=1S/C27H25F3O/c1-3-4-5-17-6-8-18(9-7-17)19-10-12-21-20(16-19)11-13-22(25(21)28)23-14-15-24(31-2)27(30)26(23)29/h6-9,11,13-16H,3-5,10,12H2,1-2H3. The van der Waals surface area contributed by atoms with Gasteiger partial charge >= 0.3 is 0 Å². The van der Waals surface area contributed by atoms with Crippen molar-refractivity contribution in [2.24, 2.45) is 0 Å². The number of unbranched alkanes of at least 4 members (excludes halogenated alkanes) is 1. The number of rotatable bonds is 6. The maximum Gasteiger partial charge on any atom is 0.201 e. The van der Waals surface area contributed by atoms with E-state index in [0.717, 1.165) is 23.1 Å². The maximum absolute atomic E-state index is 15.3. The lowest BCUT2D eigenvalue weighted by atomic mass is 9.86. The minimum absolute atomic E-state index is 0.0648. The van der Waals surface area contributed by atoms with Gasteiger partial charge in [0.05, 0.1) is 7.11 Å². The number of hydrogen-bond donors (Lipinski definition) is 0. The molecule has 0 unspecified atom stereocenters. The topological polar surface area (TPSA) is 9.23 Å². The lowest BCUT2D eigenvalue weighted by Crippen LogP contribution is -2.05. The largest absolute Gasteiger partial charge is 0.494 e. The summed E-state index contributed by atoms with van der Waals surface area (Å²) in [5.41, 5.74) is 4.91. The number of allylic oxidation sites excluding steroid dienone is 1. The lowest BCUT2D eigenvalue weighted by molar-refractivity contribution is 0.372. The van der Waals surface area contributed by atoms with Gasteiger partial charge < -0.3 is 4.74 Å². The molecule has 4 rings (SSSR count). The Morgan fingerprint density at radius 2 is 1.52 bits per heavy atom. The van der Waals surface area contributed by atoms with E-state index >= 15 is 4.39 Å². The third kappa shape index (κ3) is 4.12. The molecule has 0 aliphatic heterocycles. The normalized spacial score (nSPS) is 13.0. The molecule has 1 nitrogen and oxygen atoms in total. The average molecular weight is 422 g/mol. The van der Waals surface area contributed by atoms with Crippen molar-refractivity contribution in [2.45, 2.75) is 39.0 Å². The third-order valence-electron chi connectivity index (χ3n) is 5.95. The molecule has 160 valence electrons. The first-order valence-electron chi connectivity index (χ1n) is 10.7. The highest BCUT2D eigenvalue weighted by Gasteiger charge is 2.22. The molecule has 0 saturated heterocycles. The smallest absolute Gasteiger partial charge is 0.201 e. The third-order valence-corrected chi connectivity index (χ3v) is 5.95. The molecular weight excluding hydrogens is 397 g/mol. The Morgan fingerprint density at radius 1 is 0.806 bits per heavy atom. The molecule has 0 bridgehead atoms. The number of hydrogen-bond acceptors (Lipinski definition) is 1. The molecule has 1 aliphatic rings. The molecule has 1 aliphatic carbocycles. The molecule has 0 heterocycles. The molecule has 0 radical (unpaired) electrons. The van der Waals surface area contributed by atoms with Crippen LogP contribution in [0.3, 0.4) is 0 Å². The summed E-state index contributed by atoms with van der Waals surface area (Å²) in [6.45, 7) is 2.18. The van der Waals surface area contributed by atoms with Crippen molar-refractivity contribution < 1.29 is 17.9 Å². The van der Waals surface area contributed by atoms with Crippen molar-refractivity contribution in [3.05, 3.63) is 88.2 Å². The Morgan fingerprint density at radius 3 is 2.23 bits per heavy atom. The van der Waals surface area contributed by atoms with Crippen molar-refractivity contribution in [3.63, 3.8) is 0 Å². The first kappa shape index (κ1) is 21.2. The van der Waals surface area contributed by atoms with Crippen LogP contribution in [0.15, 0.2) is 48.5 Å². The van der Waals surface area contributed by atoms with Crippen LogP contribution in [0.5, 0.6) is 5.75 Å². The van der Waals surface area contributed by atoms with E-state index in [1.807, 2.05) is 6.08 Å². The van der Waals surface area contributed by atoms with E-state index in [-0.39, 0.29) is 16.9 Å². The summed E-state index contributed by atoms with van der Waals surface area (Å²) in [6.07, 6.45) is 6.63. The van der Waals surface area contributed by atoms with Gasteiger partial charge in [-0.05, 0) is 65.6 Å². The molecule has 0 fully saturated rings. The first-order chi connectivity index (χ1) is 15.0. The lowest BCUT2D eigenvalue weighted by Gasteiger charge is -2.20. The van der Waals surface area contributed by atoms with Crippen LogP contribution < -0.4 is 4.74 Å². The number of fused-ring (bicyclic) bond motifs is 1.